The average Bonchev–Trinajstić information content (AvgIpc) is 2.57. The van der Waals surface area contributed by atoms with Crippen LogP contribution in [0, 0.1) is 0 Å². The lowest BCUT2D eigenvalue weighted by Gasteiger charge is -2.13. The van der Waals surface area contributed by atoms with E-state index in [-0.39, 0.29) is 5.56 Å². The average molecular weight is 300 g/mol. The highest BCUT2D eigenvalue weighted by atomic mass is 16.5. The Kier molecular flexibility index (Phi) is 5.49. The number of aromatic nitrogens is 1. The molecule has 2 aromatic rings. The number of carbonyl (C=O) groups is 1. The predicted octanol–water partition coefficient (Wildman–Crippen LogP) is 3.90. The van der Waals surface area contributed by atoms with Gasteiger partial charge in [0.15, 0.2) is 0 Å². The monoisotopic (exact) mass is 300 g/mol. The number of amides is 1. The standard InChI is InChI=1S/C17H20N2O3/c1-3-12(4-2)13-5-8-15(9-6-13)22-16-10-7-14(11-18-16)17(20)19-21/h5-12,21H,3-4H2,1-2H3,(H,19,20). The quantitative estimate of drug-likeness (QED) is 0.627. The maximum atomic E-state index is 11.2. The zero-order chi connectivity index (χ0) is 15.9. The van der Waals surface area contributed by atoms with Crippen molar-refractivity contribution in [3.63, 3.8) is 0 Å². The van der Waals surface area contributed by atoms with Gasteiger partial charge in [-0.15, -0.1) is 0 Å². The van der Waals surface area contributed by atoms with Crippen molar-refractivity contribution >= 4 is 5.91 Å². The van der Waals surface area contributed by atoms with Crippen molar-refractivity contribution in [3.8, 4) is 11.6 Å². The molecule has 0 radical (unpaired) electrons. The molecular formula is C17H20N2O3. The smallest absolute Gasteiger partial charge is 0.276 e. The molecule has 2 rings (SSSR count). The molecule has 1 aromatic carbocycles. The van der Waals surface area contributed by atoms with Crippen LogP contribution in [0.25, 0.3) is 0 Å². The van der Waals surface area contributed by atoms with Crippen LogP contribution in [0.4, 0.5) is 0 Å². The summed E-state index contributed by atoms with van der Waals surface area (Å²) in [5.41, 5.74) is 3.13. The molecule has 0 aliphatic carbocycles. The van der Waals surface area contributed by atoms with E-state index in [1.165, 1.54) is 17.8 Å². The van der Waals surface area contributed by atoms with Gasteiger partial charge in [-0.25, -0.2) is 10.5 Å². The molecule has 5 nitrogen and oxygen atoms in total. The van der Waals surface area contributed by atoms with E-state index in [2.05, 4.69) is 31.0 Å². The summed E-state index contributed by atoms with van der Waals surface area (Å²) in [5, 5.41) is 8.55. The molecule has 1 heterocycles. The van der Waals surface area contributed by atoms with Gasteiger partial charge in [0.25, 0.3) is 5.91 Å². The van der Waals surface area contributed by atoms with Gasteiger partial charge >= 0.3 is 0 Å². The van der Waals surface area contributed by atoms with Gasteiger partial charge in [-0.05, 0) is 42.5 Å². The first-order valence-electron chi connectivity index (χ1n) is 7.36. The molecule has 0 bridgehead atoms. The Hall–Kier alpha value is -2.40. The highest BCUT2D eigenvalue weighted by molar-refractivity contribution is 5.92. The number of hydroxylamine groups is 1. The van der Waals surface area contributed by atoms with Crippen molar-refractivity contribution < 1.29 is 14.7 Å². The minimum Gasteiger partial charge on any atom is -0.439 e. The summed E-state index contributed by atoms with van der Waals surface area (Å²) in [7, 11) is 0. The number of carbonyl (C=O) groups excluding carboxylic acids is 1. The molecule has 0 atom stereocenters. The third-order valence-corrected chi connectivity index (χ3v) is 3.66. The summed E-state index contributed by atoms with van der Waals surface area (Å²) >= 11 is 0. The molecule has 116 valence electrons. The molecular weight excluding hydrogens is 280 g/mol. The van der Waals surface area contributed by atoms with Crippen molar-refractivity contribution in [1.82, 2.24) is 10.5 Å². The second kappa shape index (κ2) is 7.56. The van der Waals surface area contributed by atoms with Crippen molar-refractivity contribution in [3.05, 3.63) is 53.7 Å². The van der Waals surface area contributed by atoms with Crippen molar-refractivity contribution in [1.29, 1.82) is 0 Å². The number of pyridine rings is 1. The molecule has 0 fully saturated rings. The van der Waals surface area contributed by atoms with Gasteiger partial charge in [-0.3, -0.25) is 10.0 Å². The summed E-state index contributed by atoms with van der Waals surface area (Å²) < 4.78 is 5.64. The van der Waals surface area contributed by atoms with Crippen LogP contribution in [0.1, 0.15) is 48.5 Å². The molecule has 0 aliphatic heterocycles. The van der Waals surface area contributed by atoms with Crippen LogP contribution in [0.2, 0.25) is 0 Å². The summed E-state index contributed by atoms with van der Waals surface area (Å²) in [5.74, 6) is 1.06. The number of hydrogen-bond donors (Lipinski definition) is 2. The van der Waals surface area contributed by atoms with Crippen LogP contribution < -0.4 is 10.2 Å². The fourth-order valence-corrected chi connectivity index (χ4v) is 2.33. The Balaban J connectivity index is 2.06. The minimum atomic E-state index is -0.603. The van der Waals surface area contributed by atoms with Gasteiger partial charge in [-0.2, -0.15) is 0 Å². The lowest BCUT2D eigenvalue weighted by atomic mass is 9.94. The molecule has 1 aromatic heterocycles. The maximum absolute atomic E-state index is 11.2. The molecule has 1 amide bonds. The number of hydrogen-bond acceptors (Lipinski definition) is 4. The number of nitrogens with zero attached hydrogens (tertiary/aromatic N) is 1. The van der Waals surface area contributed by atoms with Crippen LogP contribution in [0.5, 0.6) is 11.6 Å². The zero-order valence-corrected chi connectivity index (χ0v) is 12.7. The van der Waals surface area contributed by atoms with Crippen LogP contribution in [0.3, 0.4) is 0 Å². The van der Waals surface area contributed by atoms with Crippen LogP contribution >= 0.6 is 0 Å². The summed E-state index contributed by atoms with van der Waals surface area (Å²) in [4.78, 5) is 15.2. The molecule has 5 heteroatoms. The first-order valence-corrected chi connectivity index (χ1v) is 7.36. The van der Waals surface area contributed by atoms with Gasteiger partial charge < -0.3 is 4.74 Å². The zero-order valence-electron chi connectivity index (χ0n) is 12.7. The number of rotatable bonds is 6. The Morgan fingerprint density at radius 2 is 1.86 bits per heavy atom. The van der Waals surface area contributed by atoms with Crippen LogP contribution in [-0.2, 0) is 0 Å². The van der Waals surface area contributed by atoms with Crippen LogP contribution in [0.15, 0.2) is 42.6 Å². The molecule has 0 unspecified atom stereocenters. The van der Waals surface area contributed by atoms with Gasteiger partial charge in [0.1, 0.15) is 5.75 Å². The van der Waals surface area contributed by atoms with E-state index >= 15 is 0 Å². The summed E-state index contributed by atoms with van der Waals surface area (Å²) in [6, 6.07) is 11.1. The SMILES string of the molecule is CCC(CC)c1ccc(Oc2ccc(C(=O)NO)cn2)cc1. The second-order valence-corrected chi connectivity index (χ2v) is 5.01. The van der Waals surface area contributed by atoms with E-state index in [9.17, 15) is 4.79 Å². The third-order valence-electron chi connectivity index (χ3n) is 3.66. The molecule has 0 saturated heterocycles. The number of benzene rings is 1. The fourth-order valence-electron chi connectivity index (χ4n) is 2.33. The molecule has 2 N–H and O–H groups in total. The molecule has 22 heavy (non-hydrogen) atoms. The second-order valence-electron chi connectivity index (χ2n) is 5.01. The van der Waals surface area contributed by atoms with Crippen molar-refractivity contribution in [2.45, 2.75) is 32.6 Å². The van der Waals surface area contributed by atoms with Gasteiger partial charge in [-0.1, -0.05) is 26.0 Å². The van der Waals surface area contributed by atoms with Gasteiger partial charge in [0.2, 0.25) is 5.88 Å². The maximum Gasteiger partial charge on any atom is 0.276 e. The molecule has 0 aliphatic rings. The van der Waals surface area contributed by atoms with E-state index in [0.29, 0.717) is 17.5 Å². The number of ether oxygens (including phenoxy) is 1. The number of nitrogens with one attached hydrogen (secondary N) is 1. The first kappa shape index (κ1) is 16.0. The molecule has 0 spiro atoms. The lowest BCUT2D eigenvalue weighted by Crippen LogP contribution is -2.18. The first-order chi connectivity index (χ1) is 10.7. The van der Waals surface area contributed by atoms with Crippen molar-refractivity contribution in [2.24, 2.45) is 0 Å². The van der Waals surface area contributed by atoms with Gasteiger partial charge in [0, 0.05) is 12.3 Å². The Bertz CT molecular complexity index is 605. The summed E-state index contributed by atoms with van der Waals surface area (Å²) in [6.45, 7) is 4.37. The minimum absolute atomic E-state index is 0.263. The predicted molar refractivity (Wildman–Crippen MR) is 83.3 cm³/mol. The highest BCUT2D eigenvalue weighted by Crippen LogP contribution is 2.26. The third kappa shape index (κ3) is 3.83. The lowest BCUT2D eigenvalue weighted by molar-refractivity contribution is 0.0706. The van der Waals surface area contributed by atoms with Gasteiger partial charge in [0.05, 0.1) is 5.56 Å². The Morgan fingerprint density at radius 3 is 2.36 bits per heavy atom. The van der Waals surface area contributed by atoms with E-state index in [4.69, 9.17) is 9.94 Å². The van der Waals surface area contributed by atoms with E-state index in [0.717, 1.165) is 12.8 Å². The summed E-state index contributed by atoms with van der Waals surface area (Å²) in [6.07, 6.45) is 3.58. The molecule has 0 saturated carbocycles. The topological polar surface area (TPSA) is 71.5 Å². The fraction of sp³-hybridized carbons (Fsp3) is 0.294. The largest absolute Gasteiger partial charge is 0.439 e. The van der Waals surface area contributed by atoms with E-state index in [1.807, 2.05) is 12.1 Å². The van der Waals surface area contributed by atoms with Crippen LogP contribution in [-0.4, -0.2) is 16.1 Å². The Labute approximate surface area is 129 Å². The van der Waals surface area contributed by atoms with Crippen molar-refractivity contribution in [2.75, 3.05) is 0 Å². The van der Waals surface area contributed by atoms with E-state index < -0.39 is 5.91 Å². The van der Waals surface area contributed by atoms with E-state index in [1.54, 1.807) is 11.5 Å². The Morgan fingerprint density at radius 1 is 1.18 bits per heavy atom. The normalized spacial score (nSPS) is 10.5. The highest BCUT2D eigenvalue weighted by Gasteiger charge is 2.08.